The van der Waals surface area contributed by atoms with Crippen LogP contribution in [0.5, 0.6) is 17.2 Å². The molecule has 0 aliphatic heterocycles. The first kappa shape index (κ1) is 23.1. The van der Waals surface area contributed by atoms with E-state index in [1.807, 2.05) is 38.1 Å². The molecule has 2 rings (SSSR count). The van der Waals surface area contributed by atoms with Crippen LogP contribution < -0.4 is 19.5 Å². The molecule has 1 atom stereocenters. The summed E-state index contributed by atoms with van der Waals surface area (Å²) < 4.78 is 16.2. The molecule has 7 nitrogen and oxygen atoms in total. The molecule has 0 fully saturated rings. The fourth-order valence-corrected chi connectivity index (χ4v) is 3.00. The zero-order valence-corrected chi connectivity index (χ0v) is 18.2. The maximum atomic E-state index is 13.0. The van der Waals surface area contributed by atoms with Crippen molar-refractivity contribution < 1.29 is 23.8 Å². The minimum Gasteiger partial charge on any atom is -0.496 e. The van der Waals surface area contributed by atoms with Gasteiger partial charge < -0.3 is 24.4 Å². The van der Waals surface area contributed by atoms with Gasteiger partial charge in [0.25, 0.3) is 5.91 Å². The number of nitrogens with one attached hydrogen (secondary N) is 1. The van der Waals surface area contributed by atoms with Gasteiger partial charge in [0.2, 0.25) is 5.91 Å². The first-order valence-electron chi connectivity index (χ1n) is 9.86. The Hall–Kier alpha value is -3.22. The van der Waals surface area contributed by atoms with Gasteiger partial charge in [0.05, 0.1) is 14.2 Å². The molecule has 0 saturated carbocycles. The second-order valence-corrected chi connectivity index (χ2v) is 6.92. The molecule has 7 heteroatoms. The summed E-state index contributed by atoms with van der Waals surface area (Å²) in [4.78, 5) is 27.0. The van der Waals surface area contributed by atoms with E-state index in [2.05, 4.69) is 5.32 Å². The van der Waals surface area contributed by atoms with E-state index in [4.69, 9.17) is 14.2 Å². The summed E-state index contributed by atoms with van der Waals surface area (Å²) in [5.74, 6) is 1.06. The Morgan fingerprint density at radius 2 is 1.67 bits per heavy atom. The van der Waals surface area contributed by atoms with Crippen LogP contribution in [0, 0.1) is 6.92 Å². The normalized spacial score (nSPS) is 11.4. The lowest BCUT2D eigenvalue weighted by molar-refractivity contribution is -0.142. The van der Waals surface area contributed by atoms with E-state index in [0.717, 1.165) is 11.1 Å². The SMILES string of the molecule is CCNC(=O)[C@H](C)N(Cc1cccc(C)c1)C(=O)COc1cc(OC)cc(OC)c1. The van der Waals surface area contributed by atoms with Crippen LogP contribution in [0.25, 0.3) is 0 Å². The molecule has 0 aliphatic carbocycles. The minimum absolute atomic E-state index is 0.207. The maximum Gasteiger partial charge on any atom is 0.261 e. The number of ether oxygens (including phenoxy) is 3. The average Bonchev–Trinajstić information content (AvgIpc) is 2.75. The summed E-state index contributed by atoms with van der Waals surface area (Å²) in [7, 11) is 3.09. The molecule has 1 N–H and O–H groups in total. The first-order valence-corrected chi connectivity index (χ1v) is 9.86. The third-order valence-corrected chi connectivity index (χ3v) is 4.64. The lowest BCUT2D eigenvalue weighted by Crippen LogP contribution is -2.49. The molecule has 0 radical (unpaired) electrons. The van der Waals surface area contributed by atoms with Gasteiger partial charge in [-0.2, -0.15) is 0 Å². The average molecular weight is 415 g/mol. The number of aryl methyl sites for hydroxylation is 1. The Bertz CT molecular complexity index is 846. The predicted octanol–water partition coefficient (Wildman–Crippen LogP) is 2.94. The van der Waals surface area contributed by atoms with Crippen LogP contribution in [0.2, 0.25) is 0 Å². The molecular weight excluding hydrogens is 384 g/mol. The summed E-state index contributed by atoms with van der Waals surface area (Å²) in [5, 5.41) is 2.78. The van der Waals surface area contributed by atoms with Crippen molar-refractivity contribution in [3.8, 4) is 17.2 Å². The third-order valence-electron chi connectivity index (χ3n) is 4.64. The van der Waals surface area contributed by atoms with Crippen LogP contribution in [0.1, 0.15) is 25.0 Å². The van der Waals surface area contributed by atoms with Gasteiger partial charge >= 0.3 is 0 Å². The molecule has 30 heavy (non-hydrogen) atoms. The van der Waals surface area contributed by atoms with Gasteiger partial charge in [0, 0.05) is 31.3 Å². The van der Waals surface area contributed by atoms with E-state index >= 15 is 0 Å². The number of likely N-dealkylation sites (N-methyl/N-ethyl adjacent to an activating group) is 1. The van der Waals surface area contributed by atoms with Crippen LogP contribution in [0.4, 0.5) is 0 Å². The Morgan fingerprint density at radius 1 is 1.03 bits per heavy atom. The fourth-order valence-electron chi connectivity index (χ4n) is 3.00. The van der Waals surface area contributed by atoms with Crippen molar-refractivity contribution >= 4 is 11.8 Å². The summed E-state index contributed by atoms with van der Waals surface area (Å²) in [6.45, 7) is 6.14. The highest BCUT2D eigenvalue weighted by atomic mass is 16.5. The molecular formula is C23H30N2O5. The van der Waals surface area contributed by atoms with Crippen molar-refractivity contribution in [1.82, 2.24) is 10.2 Å². The van der Waals surface area contributed by atoms with E-state index in [1.165, 1.54) is 4.90 Å². The number of amides is 2. The van der Waals surface area contributed by atoms with Crippen molar-refractivity contribution in [2.45, 2.75) is 33.4 Å². The molecule has 0 aromatic heterocycles. The third kappa shape index (κ3) is 6.40. The zero-order chi connectivity index (χ0) is 22.1. The van der Waals surface area contributed by atoms with Crippen molar-refractivity contribution in [3.05, 3.63) is 53.6 Å². The predicted molar refractivity (Wildman–Crippen MR) is 115 cm³/mol. The summed E-state index contributed by atoms with van der Waals surface area (Å²) >= 11 is 0. The fraction of sp³-hybridized carbons (Fsp3) is 0.391. The van der Waals surface area contributed by atoms with Gasteiger partial charge in [0.15, 0.2) is 6.61 Å². The molecule has 0 bridgehead atoms. The molecule has 0 spiro atoms. The molecule has 0 saturated heterocycles. The van der Waals surface area contributed by atoms with Crippen LogP contribution in [0.3, 0.4) is 0 Å². The van der Waals surface area contributed by atoms with Gasteiger partial charge in [0.1, 0.15) is 23.3 Å². The molecule has 2 aromatic carbocycles. The molecule has 0 heterocycles. The quantitative estimate of drug-likeness (QED) is 0.647. The van der Waals surface area contributed by atoms with Crippen LogP contribution in [-0.2, 0) is 16.1 Å². The zero-order valence-electron chi connectivity index (χ0n) is 18.2. The van der Waals surface area contributed by atoms with Gasteiger partial charge in [-0.1, -0.05) is 29.8 Å². The lowest BCUT2D eigenvalue weighted by Gasteiger charge is -2.28. The van der Waals surface area contributed by atoms with E-state index in [-0.39, 0.29) is 18.4 Å². The highest BCUT2D eigenvalue weighted by molar-refractivity contribution is 5.87. The highest BCUT2D eigenvalue weighted by Crippen LogP contribution is 2.27. The number of carbonyl (C=O) groups is 2. The van der Waals surface area contributed by atoms with E-state index in [9.17, 15) is 9.59 Å². The molecule has 0 aliphatic rings. The summed E-state index contributed by atoms with van der Waals surface area (Å²) in [5.41, 5.74) is 2.04. The van der Waals surface area contributed by atoms with Crippen LogP contribution in [-0.4, -0.2) is 50.1 Å². The largest absolute Gasteiger partial charge is 0.496 e. The Morgan fingerprint density at radius 3 is 2.23 bits per heavy atom. The van der Waals surface area contributed by atoms with Crippen molar-refractivity contribution in [2.75, 3.05) is 27.4 Å². The lowest BCUT2D eigenvalue weighted by atomic mass is 10.1. The van der Waals surface area contributed by atoms with Crippen molar-refractivity contribution in [1.29, 1.82) is 0 Å². The first-order chi connectivity index (χ1) is 14.4. The molecule has 2 amide bonds. The van der Waals surface area contributed by atoms with Crippen LogP contribution in [0.15, 0.2) is 42.5 Å². The number of hydrogen-bond donors (Lipinski definition) is 1. The Kier molecular flexibility index (Phi) is 8.53. The topological polar surface area (TPSA) is 77.1 Å². The number of methoxy groups -OCH3 is 2. The minimum atomic E-state index is -0.638. The van der Waals surface area contributed by atoms with Gasteiger partial charge in [-0.25, -0.2) is 0 Å². The van der Waals surface area contributed by atoms with E-state index in [0.29, 0.717) is 30.3 Å². The number of rotatable bonds is 10. The number of benzene rings is 2. The van der Waals surface area contributed by atoms with E-state index in [1.54, 1.807) is 39.3 Å². The summed E-state index contributed by atoms with van der Waals surface area (Å²) in [6.07, 6.45) is 0. The second-order valence-electron chi connectivity index (χ2n) is 6.92. The van der Waals surface area contributed by atoms with Crippen LogP contribution >= 0.6 is 0 Å². The van der Waals surface area contributed by atoms with Gasteiger partial charge in [-0.15, -0.1) is 0 Å². The summed E-state index contributed by atoms with van der Waals surface area (Å²) in [6, 6.07) is 12.3. The number of hydrogen-bond acceptors (Lipinski definition) is 5. The van der Waals surface area contributed by atoms with Crippen molar-refractivity contribution in [2.24, 2.45) is 0 Å². The number of carbonyl (C=O) groups excluding carboxylic acids is 2. The maximum absolute atomic E-state index is 13.0. The Balaban J connectivity index is 2.18. The second kappa shape index (κ2) is 11.1. The standard InChI is InChI=1S/C23H30N2O5/c1-6-24-23(27)17(3)25(14-18-9-7-8-16(2)10-18)22(26)15-30-21-12-19(28-4)11-20(13-21)29-5/h7-13,17H,6,14-15H2,1-5H3,(H,24,27)/t17-/m0/s1. The van der Waals surface area contributed by atoms with Gasteiger partial charge in [-0.05, 0) is 26.3 Å². The molecule has 2 aromatic rings. The molecule has 0 unspecified atom stereocenters. The Labute approximate surface area is 177 Å². The smallest absolute Gasteiger partial charge is 0.261 e. The monoisotopic (exact) mass is 414 g/mol. The van der Waals surface area contributed by atoms with Crippen molar-refractivity contribution in [3.63, 3.8) is 0 Å². The number of nitrogens with zero attached hydrogens (tertiary/aromatic N) is 1. The molecule has 162 valence electrons. The highest BCUT2D eigenvalue weighted by Gasteiger charge is 2.26. The van der Waals surface area contributed by atoms with Gasteiger partial charge in [-0.3, -0.25) is 9.59 Å². The van der Waals surface area contributed by atoms with E-state index < -0.39 is 6.04 Å².